The molecule has 0 heterocycles. The van der Waals surface area contributed by atoms with Crippen LogP contribution in [0.2, 0.25) is 0 Å². The molecule has 1 atom stereocenters. The number of aliphatic carboxylic acids is 1. The third-order valence-corrected chi connectivity index (χ3v) is 4.86. The second kappa shape index (κ2) is 10.6. The van der Waals surface area contributed by atoms with Crippen LogP contribution < -0.4 is 4.74 Å². The highest BCUT2D eigenvalue weighted by molar-refractivity contribution is 9.11. The van der Waals surface area contributed by atoms with E-state index in [1.165, 1.54) is 0 Å². The highest BCUT2D eigenvalue weighted by Crippen LogP contribution is 2.24. The van der Waals surface area contributed by atoms with Crippen LogP contribution in [-0.4, -0.2) is 30.4 Å². The summed E-state index contributed by atoms with van der Waals surface area (Å²) in [6, 6.07) is 13.5. The molecule has 2 rings (SSSR count). The number of ether oxygens (including phenoxy) is 2. The predicted octanol–water partition coefficient (Wildman–Crippen LogP) is 5.73. The standard InChI is InChI=1S/C21H22Br2O4/c1-3-26-20(21(24)25)10-15-4-6-19(7-5-15)27-9-8-14(2)16-11-17(22)13-18(23)12-16/h4-8,11-13,20H,3,9-10H2,1-2H3,(H,24,25)/t20-/m0/s1. The van der Waals surface area contributed by atoms with Crippen LogP contribution in [0.3, 0.4) is 0 Å². The topological polar surface area (TPSA) is 55.8 Å². The van der Waals surface area contributed by atoms with Crippen LogP contribution in [0, 0.1) is 0 Å². The molecule has 27 heavy (non-hydrogen) atoms. The van der Waals surface area contributed by atoms with Gasteiger partial charge in [-0.2, -0.15) is 0 Å². The average Bonchev–Trinajstić information content (AvgIpc) is 2.61. The fourth-order valence-corrected chi connectivity index (χ4v) is 3.81. The SMILES string of the molecule is CCO[C@@H](Cc1ccc(OCC=C(C)c2cc(Br)cc(Br)c2)cc1)C(=O)O. The van der Waals surface area contributed by atoms with Gasteiger partial charge in [0.2, 0.25) is 0 Å². The minimum Gasteiger partial charge on any atom is -0.490 e. The molecular formula is C21H22Br2O4. The fourth-order valence-electron chi connectivity index (χ4n) is 2.52. The Hall–Kier alpha value is -1.63. The molecule has 2 aromatic rings. The van der Waals surface area contributed by atoms with Gasteiger partial charge in [-0.25, -0.2) is 4.79 Å². The van der Waals surface area contributed by atoms with E-state index < -0.39 is 12.1 Å². The number of allylic oxidation sites excluding steroid dienone is 1. The molecule has 0 aliphatic heterocycles. The number of hydrogen-bond acceptors (Lipinski definition) is 3. The van der Waals surface area contributed by atoms with Crippen molar-refractivity contribution in [3.8, 4) is 5.75 Å². The Morgan fingerprint density at radius 1 is 1.15 bits per heavy atom. The number of carboxylic acid groups (broad SMARTS) is 1. The Balaban J connectivity index is 1.93. The van der Waals surface area contributed by atoms with Crippen molar-refractivity contribution in [1.82, 2.24) is 0 Å². The summed E-state index contributed by atoms with van der Waals surface area (Å²) in [6.07, 6.45) is 1.54. The summed E-state index contributed by atoms with van der Waals surface area (Å²) in [6.45, 7) is 4.65. The van der Waals surface area contributed by atoms with Gasteiger partial charge in [0.1, 0.15) is 12.4 Å². The molecule has 4 nitrogen and oxygen atoms in total. The van der Waals surface area contributed by atoms with E-state index in [1.54, 1.807) is 6.92 Å². The Labute approximate surface area is 176 Å². The molecule has 0 aromatic heterocycles. The third kappa shape index (κ3) is 7.13. The number of hydrogen-bond donors (Lipinski definition) is 1. The minimum absolute atomic E-state index is 0.334. The predicted molar refractivity (Wildman–Crippen MR) is 114 cm³/mol. The van der Waals surface area contributed by atoms with Gasteiger partial charge in [-0.15, -0.1) is 0 Å². The second-order valence-corrected chi connectivity index (χ2v) is 7.82. The quantitative estimate of drug-likeness (QED) is 0.480. The molecule has 1 N–H and O–H groups in total. The summed E-state index contributed by atoms with van der Waals surface area (Å²) < 4.78 is 13.0. The van der Waals surface area contributed by atoms with Crippen molar-refractivity contribution in [2.24, 2.45) is 0 Å². The van der Waals surface area contributed by atoms with Crippen LogP contribution in [0.1, 0.15) is 25.0 Å². The normalized spacial score (nSPS) is 12.7. The maximum Gasteiger partial charge on any atom is 0.333 e. The van der Waals surface area contributed by atoms with E-state index in [2.05, 4.69) is 44.0 Å². The Morgan fingerprint density at radius 3 is 2.33 bits per heavy atom. The molecule has 2 aromatic carbocycles. The molecular weight excluding hydrogens is 476 g/mol. The lowest BCUT2D eigenvalue weighted by atomic mass is 10.1. The zero-order valence-corrected chi connectivity index (χ0v) is 18.4. The molecule has 0 fully saturated rings. The van der Waals surface area contributed by atoms with E-state index in [-0.39, 0.29) is 0 Å². The van der Waals surface area contributed by atoms with E-state index >= 15 is 0 Å². The van der Waals surface area contributed by atoms with Gasteiger partial charge in [0.05, 0.1) is 0 Å². The first kappa shape index (κ1) is 21.7. The lowest BCUT2D eigenvalue weighted by Gasteiger charge is -2.12. The summed E-state index contributed by atoms with van der Waals surface area (Å²) in [4.78, 5) is 11.2. The summed E-state index contributed by atoms with van der Waals surface area (Å²) in [5.74, 6) is -0.210. The molecule has 0 spiro atoms. The number of halogens is 2. The van der Waals surface area contributed by atoms with Crippen LogP contribution in [0.4, 0.5) is 0 Å². The van der Waals surface area contributed by atoms with Crippen LogP contribution in [0.15, 0.2) is 57.5 Å². The van der Waals surface area contributed by atoms with Gasteiger partial charge in [-0.3, -0.25) is 0 Å². The lowest BCUT2D eigenvalue weighted by Crippen LogP contribution is -2.26. The zero-order valence-electron chi connectivity index (χ0n) is 15.2. The molecule has 0 radical (unpaired) electrons. The van der Waals surface area contributed by atoms with E-state index in [1.807, 2.05) is 43.3 Å². The first-order chi connectivity index (χ1) is 12.9. The van der Waals surface area contributed by atoms with Crippen molar-refractivity contribution in [3.05, 3.63) is 68.6 Å². The van der Waals surface area contributed by atoms with Gasteiger partial charge in [-0.1, -0.05) is 44.0 Å². The molecule has 0 saturated carbocycles. The highest BCUT2D eigenvalue weighted by Gasteiger charge is 2.17. The van der Waals surface area contributed by atoms with Gasteiger partial charge in [0.25, 0.3) is 0 Å². The molecule has 0 bridgehead atoms. The highest BCUT2D eigenvalue weighted by atomic mass is 79.9. The van der Waals surface area contributed by atoms with E-state index in [0.29, 0.717) is 19.6 Å². The second-order valence-electron chi connectivity index (χ2n) is 5.99. The Bertz CT molecular complexity index is 780. The summed E-state index contributed by atoms with van der Waals surface area (Å²) >= 11 is 6.99. The summed E-state index contributed by atoms with van der Waals surface area (Å²) in [5, 5.41) is 9.15. The van der Waals surface area contributed by atoms with E-state index in [0.717, 1.165) is 31.4 Å². The van der Waals surface area contributed by atoms with Gasteiger partial charge >= 0.3 is 5.97 Å². The number of rotatable bonds is 9. The largest absolute Gasteiger partial charge is 0.490 e. The van der Waals surface area contributed by atoms with Gasteiger partial charge in [-0.05, 0) is 67.0 Å². The molecule has 0 aliphatic rings. The smallest absolute Gasteiger partial charge is 0.333 e. The zero-order chi connectivity index (χ0) is 19.8. The summed E-state index contributed by atoms with van der Waals surface area (Å²) in [7, 11) is 0. The van der Waals surface area contributed by atoms with Crippen LogP contribution >= 0.6 is 31.9 Å². The monoisotopic (exact) mass is 496 g/mol. The van der Waals surface area contributed by atoms with Crippen molar-refractivity contribution in [2.75, 3.05) is 13.2 Å². The van der Waals surface area contributed by atoms with Crippen LogP contribution in [0.5, 0.6) is 5.75 Å². The van der Waals surface area contributed by atoms with E-state index in [9.17, 15) is 4.79 Å². The van der Waals surface area contributed by atoms with Crippen LogP contribution in [0.25, 0.3) is 5.57 Å². The number of carbonyl (C=O) groups is 1. The Morgan fingerprint density at radius 2 is 1.78 bits per heavy atom. The third-order valence-electron chi connectivity index (χ3n) is 3.95. The van der Waals surface area contributed by atoms with Gasteiger partial charge in [0.15, 0.2) is 6.10 Å². The number of benzene rings is 2. The number of carboxylic acids is 1. The van der Waals surface area contributed by atoms with E-state index in [4.69, 9.17) is 14.6 Å². The molecule has 6 heteroatoms. The molecule has 0 amide bonds. The maximum absolute atomic E-state index is 11.2. The average molecular weight is 498 g/mol. The first-order valence-corrected chi connectivity index (χ1v) is 10.2. The van der Waals surface area contributed by atoms with Gasteiger partial charge < -0.3 is 14.6 Å². The maximum atomic E-state index is 11.2. The van der Waals surface area contributed by atoms with Crippen molar-refractivity contribution in [2.45, 2.75) is 26.4 Å². The molecule has 144 valence electrons. The van der Waals surface area contributed by atoms with Crippen molar-refractivity contribution in [3.63, 3.8) is 0 Å². The Kier molecular flexibility index (Phi) is 8.54. The fraction of sp³-hybridized carbons (Fsp3) is 0.286. The van der Waals surface area contributed by atoms with Crippen molar-refractivity contribution < 1.29 is 19.4 Å². The lowest BCUT2D eigenvalue weighted by molar-refractivity contribution is -0.149. The molecule has 0 aliphatic carbocycles. The summed E-state index contributed by atoms with van der Waals surface area (Å²) in [5.41, 5.74) is 3.13. The minimum atomic E-state index is -0.947. The molecule has 0 saturated heterocycles. The van der Waals surface area contributed by atoms with Crippen molar-refractivity contribution >= 4 is 43.4 Å². The van der Waals surface area contributed by atoms with Crippen molar-refractivity contribution in [1.29, 1.82) is 0 Å². The van der Waals surface area contributed by atoms with Crippen LogP contribution in [-0.2, 0) is 16.0 Å². The van der Waals surface area contributed by atoms with Gasteiger partial charge in [0, 0.05) is 22.0 Å². The first-order valence-electron chi connectivity index (χ1n) is 8.58. The molecule has 0 unspecified atom stereocenters.